The standard InChI is InChI=1S/C15H22NO3/c1-11-5-7-16(8-6-11)15-13(18-3)9-12(17-2)10-14(15)19-4/h9-11H,1,5-8H2,2-4H3. The Morgan fingerprint density at radius 3 is 1.95 bits per heavy atom. The summed E-state index contributed by atoms with van der Waals surface area (Å²) in [7, 11) is 4.99. The highest BCUT2D eigenvalue weighted by atomic mass is 16.5. The number of methoxy groups -OCH3 is 3. The van der Waals surface area contributed by atoms with Crippen molar-refractivity contribution in [3.63, 3.8) is 0 Å². The predicted molar refractivity (Wildman–Crippen MR) is 76.4 cm³/mol. The minimum absolute atomic E-state index is 0.548. The van der Waals surface area contributed by atoms with E-state index in [4.69, 9.17) is 14.2 Å². The first kappa shape index (κ1) is 13.8. The molecule has 0 saturated carbocycles. The summed E-state index contributed by atoms with van der Waals surface area (Å²) in [5, 5.41) is 0. The molecule has 1 aliphatic heterocycles. The first-order valence-electron chi connectivity index (χ1n) is 6.57. The second-order valence-electron chi connectivity index (χ2n) is 4.81. The normalized spacial score (nSPS) is 16.3. The molecule has 19 heavy (non-hydrogen) atoms. The van der Waals surface area contributed by atoms with Crippen LogP contribution in [0.4, 0.5) is 5.69 Å². The second kappa shape index (κ2) is 6.04. The number of rotatable bonds is 4. The van der Waals surface area contributed by atoms with Crippen molar-refractivity contribution in [1.29, 1.82) is 0 Å². The van der Waals surface area contributed by atoms with E-state index in [9.17, 15) is 0 Å². The molecule has 0 aromatic heterocycles. The molecule has 0 N–H and O–H groups in total. The summed E-state index contributed by atoms with van der Waals surface area (Å²) < 4.78 is 16.3. The zero-order valence-corrected chi connectivity index (χ0v) is 11.9. The van der Waals surface area contributed by atoms with Crippen LogP contribution >= 0.6 is 0 Å². The number of benzene rings is 1. The molecule has 105 valence electrons. The molecule has 0 unspecified atom stereocenters. The molecule has 1 aliphatic rings. The first-order valence-corrected chi connectivity index (χ1v) is 6.57. The van der Waals surface area contributed by atoms with E-state index in [0.717, 1.165) is 48.9 Å². The Bertz CT molecular complexity index is 400. The monoisotopic (exact) mass is 264 g/mol. The smallest absolute Gasteiger partial charge is 0.149 e. The minimum Gasteiger partial charge on any atom is -0.496 e. The lowest BCUT2D eigenvalue weighted by Crippen LogP contribution is -2.33. The van der Waals surface area contributed by atoms with E-state index < -0.39 is 0 Å². The molecular formula is C15H22NO3. The highest BCUT2D eigenvalue weighted by Gasteiger charge is 2.23. The molecule has 0 aliphatic carbocycles. The van der Waals surface area contributed by atoms with Crippen LogP contribution < -0.4 is 19.1 Å². The third-order valence-corrected chi connectivity index (χ3v) is 3.62. The number of hydrogen-bond donors (Lipinski definition) is 0. The minimum atomic E-state index is 0.548. The quantitative estimate of drug-likeness (QED) is 0.836. The van der Waals surface area contributed by atoms with Crippen LogP contribution in [0, 0.1) is 12.8 Å². The van der Waals surface area contributed by atoms with Crippen molar-refractivity contribution in [1.82, 2.24) is 0 Å². The van der Waals surface area contributed by atoms with Crippen molar-refractivity contribution in [2.24, 2.45) is 5.92 Å². The van der Waals surface area contributed by atoms with Crippen molar-refractivity contribution in [3.05, 3.63) is 19.1 Å². The summed E-state index contributed by atoms with van der Waals surface area (Å²) in [6.45, 7) is 6.09. The van der Waals surface area contributed by atoms with Gasteiger partial charge in [0.1, 0.15) is 22.9 Å². The molecule has 1 aromatic rings. The van der Waals surface area contributed by atoms with Crippen LogP contribution in [-0.4, -0.2) is 34.4 Å². The van der Waals surface area contributed by atoms with Gasteiger partial charge in [0.2, 0.25) is 0 Å². The van der Waals surface area contributed by atoms with Gasteiger partial charge in [-0.3, -0.25) is 0 Å². The van der Waals surface area contributed by atoms with Gasteiger partial charge in [0.15, 0.2) is 0 Å². The van der Waals surface area contributed by atoms with Crippen molar-refractivity contribution < 1.29 is 14.2 Å². The maximum atomic E-state index is 5.49. The summed E-state index contributed by atoms with van der Waals surface area (Å²) in [6.07, 6.45) is 2.19. The van der Waals surface area contributed by atoms with Crippen LogP contribution in [0.2, 0.25) is 0 Å². The molecule has 1 fully saturated rings. The van der Waals surface area contributed by atoms with E-state index in [0.29, 0.717) is 5.92 Å². The van der Waals surface area contributed by atoms with Gasteiger partial charge >= 0.3 is 0 Å². The van der Waals surface area contributed by atoms with Crippen molar-refractivity contribution in [2.75, 3.05) is 39.3 Å². The molecule has 0 bridgehead atoms. The molecule has 0 amide bonds. The number of nitrogens with zero attached hydrogens (tertiary/aromatic N) is 1. The molecule has 0 spiro atoms. The Labute approximate surface area is 115 Å². The molecule has 1 saturated heterocycles. The highest BCUT2D eigenvalue weighted by molar-refractivity contribution is 5.70. The summed E-state index contributed by atoms with van der Waals surface area (Å²) in [5.41, 5.74) is 1.01. The zero-order chi connectivity index (χ0) is 13.8. The third kappa shape index (κ3) is 2.88. The van der Waals surface area contributed by atoms with Crippen LogP contribution in [0.25, 0.3) is 0 Å². The van der Waals surface area contributed by atoms with Gasteiger partial charge in [-0.05, 0) is 18.8 Å². The molecular weight excluding hydrogens is 242 g/mol. The summed E-state index contributed by atoms with van der Waals surface area (Å²) in [5.74, 6) is 2.87. The number of hydrogen-bond acceptors (Lipinski definition) is 4. The molecule has 4 nitrogen and oxygen atoms in total. The van der Waals surface area contributed by atoms with Gasteiger partial charge < -0.3 is 19.1 Å². The number of piperidine rings is 1. The van der Waals surface area contributed by atoms with Gasteiger partial charge in [0.25, 0.3) is 0 Å². The second-order valence-corrected chi connectivity index (χ2v) is 4.81. The fourth-order valence-corrected chi connectivity index (χ4v) is 2.46. The van der Waals surface area contributed by atoms with Gasteiger partial charge in [-0.15, -0.1) is 0 Å². The van der Waals surface area contributed by atoms with Crippen LogP contribution in [0.5, 0.6) is 17.2 Å². The van der Waals surface area contributed by atoms with E-state index in [-0.39, 0.29) is 0 Å². The van der Waals surface area contributed by atoms with Crippen LogP contribution in [0.3, 0.4) is 0 Å². The maximum absolute atomic E-state index is 5.49. The lowest BCUT2D eigenvalue weighted by Gasteiger charge is -2.34. The topological polar surface area (TPSA) is 30.9 Å². The van der Waals surface area contributed by atoms with Crippen molar-refractivity contribution >= 4 is 5.69 Å². The van der Waals surface area contributed by atoms with Crippen LogP contribution in [0.15, 0.2) is 12.1 Å². The summed E-state index contributed by atoms with van der Waals surface area (Å²) in [4.78, 5) is 2.30. The van der Waals surface area contributed by atoms with Gasteiger partial charge in [-0.2, -0.15) is 0 Å². The Hall–Kier alpha value is -1.58. The summed E-state index contributed by atoms with van der Waals surface area (Å²) >= 11 is 0. The Morgan fingerprint density at radius 1 is 1.00 bits per heavy atom. The Morgan fingerprint density at radius 2 is 1.53 bits per heavy atom. The van der Waals surface area contributed by atoms with Crippen LogP contribution in [-0.2, 0) is 0 Å². The first-order chi connectivity index (χ1) is 9.19. The van der Waals surface area contributed by atoms with Crippen LogP contribution in [0.1, 0.15) is 12.8 Å². The van der Waals surface area contributed by atoms with Crippen molar-refractivity contribution in [2.45, 2.75) is 12.8 Å². The Kier molecular flexibility index (Phi) is 4.40. The fraction of sp³-hybridized carbons (Fsp3) is 0.533. The number of ether oxygens (including phenoxy) is 3. The Balaban J connectivity index is 2.36. The molecule has 1 aromatic carbocycles. The lowest BCUT2D eigenvalue weighted by atomic mass is 9.98. The SMILES string of the molecule is [CH2]C1CCN(c2c(OC)cc(OC)cc2OC)CC1. The van der Waals surface area contributed by atoms with E-state index in [1.807, 2.05) is 12.1 Å². The predicted octanol–water partition coefficient (Wildman–Crippen LogP) is 2.76. The van der Waals surface area contributed by atoms with E-state index in [1.54, 1.807) is 21.3 Å². The highest BCUT2D eigenvalue weighted by Crippen LogP contribution is 2.42. The largest absolute Gasteiger partial charge is 0.496 e. The fourth-order valence-electron chi connectivity index (χ4n) is 2.46. The number of anilines is 1. The zero-order valence-electron chi connectivity index (χ0n) is 11.9. The van der Waals surface area contributed by atoms with E-state index in [1.165, 1.54) is 0 Å². The van der Waals surface area contributed by atoms with E-state index >= 15 is 0 Å². The average Bonchev–Trinajstić information content (AvgIpc) is 2.46. The third-order valence-electron chi connectivity index (χ3n) is 3.62. The van der Waals surface area contributed by atoms with Gasteiger partial charge in [-0.25, -0.2) is 0 Å². The van der Waals surface area contributed by atoms with Gasteiger partial charge in [0.05, 0.1) is 21.3 Å². The lowest BCUT2D eigenvalue weighted by molar-refractivity contribution is 0.371. The molecule has 0 atom stereocenters. The average molecular weight is 264 g/mol. The van der Waals surface area contributed by atoms with Crippen molar-refractivity contribution in [3.8, 4) is 17.2 Å². The van der Waals surface area contributed by atoms with E-state index in [2.05, 4.69) is 11.8 Å². The molecule has 1 radical (unpaired) electrons. The van der Waals surface area contributed by atoms with Gasteiger partial charge in [-0.1, -0.05) is 6.92 Å². The summed E-state index contributed by atoms with van der Waals surface area (Å²) in [6, 6.07) is 3.79. The molecule has 1 heterocycles. The van der Waals surface area contributed by atoms with Gasteiger partial charge in [0, 0.05) is 25.2 Å². The maximum Gasteiger partial charge on any atom is 0.149 e. The molecule has 4 heteroatoms. The molecule has 2 rings (SSSR count).